The molecule has 0 N–H and O–H groups in total. The molecule has 0 atom stereocenters. The Morgan fingerprint density at radius 2 is 2.00 bits per heavy atom. The van der Waals surface area contributed by atoms with Gasteiger partial charge in [-0.05, 0) is 12.8 Å². The Labute approximate surface area is 83.3 Å². The van der Waals surface area contributed by atoms with Crippen LogP contribution in [0.5, 0.6) is 5.75 Å². The smallest absolute Gasteiger partial charge is 0.258 e. The lowest BCUT2D eigenvalue weighted by Crippen LogP contribution is -2.06. The van der Waals surface area contributed by atoms with Crippen molar-refractivity contribution in [2.24, 2.45) is 5.92 Å². The van der Waals surface area contributed by atoms with Crippen LogP contribution in [0.2, 0.25) is 0 Å². The largest absolute Gasteiger partial charge is 0.490 e. The average Bonchev–Trinajstić information content (AvgIpc) is 2.01. The molecule has 1 aromatic heterocycles. The van der Waals surface area contributed by atoms with E-state index in [1.165, 1.54) is 7.11 Å². The molecule has 78 valence electrons. The topological polar surface area (TPSA) is 35.0 Å². The molecular weight excluding hydrogens is 183 g/mol. The highest BCUT2D eigenvalue weighted by Gasteiger charge is 2.12. The molecule has 14 heavy (non-hydrogen) atoms. The SMILES string of the molecule is COc1c(C)nc(CC(C)C)nc1F. The zero-order valence-electron chi connectivity index (χ0n) is 8.97. The maximum absolute atomic E-state index is 13.3. The molecule has 1 rings (SSSR count). The van der Waals surface area contributed by atoms with Crippen LogP contribution < -0.4 is 4.74 Å². The van der Waals surface area contributed by atoms with Gasteiger partial charge in [-0.25, -0.2) is 9.97 Å². The van der Waals surface area contributed by atoms with Crippen LogP contribution in [0.4, 0.5) is 4.39 Å². The van der Waals surface area contributed by atoms with Gasteiger partial charge in [-0.2, -0.15) is 4.39 Å². The number of ether oxygens (including phenoxy) is 1. The van der Waals surface area contributed by atoms with Gasteiger partial charge < -0.3 is 4.74 Å². The zero-order valence-corrected chi connectivity index (χ0v) is 8.97. The fourth-order valence-corrected chi connectivity index (χ4v) is 1.27. The van der Waals surface area contributed by atoms with Gasteiger partial charge in [0.05, 0.1) is 12.8 Å². The van der Waals surface area contributed by atoms with Gasteiger partial charge in [-0.3, -0.25) is 0 Å². The van der Waals surface area contributed by atoms with Gasteiger partial charge in [0, 0.05) is 6.42 Å². The van der Waals surface area contributed by atoms with Crippen LogP contribution in [0.3, 0.4) is 0 Å². The van der Waals surface area contributed by atoms with Gasteiger partial charge in [0.2, 0.25) is 0 Å². The van der Waals surface area contributed by atoms with Gasteiger partial charge in [0.15, 0.2) is 5.75 Å². The Bertz CT molecular complexity index is 303. The van der Waals surface area contributed by atoms with Crippen LogP contribution >= 0.6 is 0 Å². The lowest BCUT2D eigenvalue weighted by Gasteiger charge is -2.08. The minimum absolute atomic E-state index is 0.137. The predicted octanol–water partition coefficient (Wildman–Crippen LogP) is 2.13. The second-order valence-corrected chi connectivity index (χ2v) is 3.65. The molecule has 0 fully saturated rings. The average molecular weight is 198 g/mol. The molecule has 0 radical (unpaired) electrons. The van der Waals surface area contributed by atoms with Crippen LogP contribution in [0.15, 0.2) is 0 Å². The first kappa shape index (κ1) is 10.9. The molecule has 0 aliphatic carbocycles. The summed E-state index contributed by atoms with van der Waals surface area (Å²) in [5, 5.41) is 0. The quantitative estimate of drug-likeness (QED) is 0.698. The van der Waals surface area contributed by atoms with E-state index in [4.69, 9.17) is 4.74 Å². The third-order valence-electron chi connectivity index (χ3n) is 1.83. The minimum atomic E-state index is -0.573. The third kappa shape index (κ3) is 2.40. The summed E-state index contributed by atoms with van der Waals surface area (Å²) in [4.78, 5) is 7.91. The maximum Gasteiger partial charge on any atom is 0.258 e. The molecule has 0 unspecified atom stereocenters. The summed E-state index contributed by atoms with van der Waals surface area (Å²) in [5.41, 5.74) is 0.552. The van der Waals surface area contributed by atoms with Crippen LogP contribution in [0, 0.1) is 18.8 Å². The van der Waals surface area contributed by atoms with E-state index >= 15 is 0 Å². The van der Waals surface area contributed by atoms with Crippen molar-refractivity contribution in [1.29, 1.82) is 0 Å². The van der Waals surface area contributed by atoms with E-state index in [1.807, 2.05) is 13.8 Å². The molecule has 4 heteroatoms. The van der Waals surface area contributed by atoms with E-state index < -0.39 is 5.95 Å². The molecule has 0 aliphatic rings. The van der Waals surface area contributed by atoms with Crippen LogP contribution in [0.25, 0.3) is 0 Å². The summed E-state index contributed by atoms with van der Waals surface area (Å²) in [7, 11) is 1.41. The highest BCUT2D eigenvalue weighted by molar-refractivity contribution is 5.24. The Kier molecular flexibility index (Phi) is 3.38. The van der Waals surface area contributed by atoms with E-state index in [0.29, 0.717) is 23.9 Å². The first-order chi connectivity index (χ1) is 6.54. The van der Waals surface area contributed by atoms with Crippen LogP contribution in [-0.2, 0) is 6.42 Å². The first-order valence-corrected chi connectivity index (χ1v) is 4.61. The number of hydrogen-bond donors (Lipinski definition) is 0. The van der Waals surface area contributed by atoms with E-state index in [2.05, 4.69) is 9.97 Å². The number of rotatable bonds is 3. The Morgan fingerprint density at radius 3 is 2.43 bits per heavy atom. The van der Waals surface area contributed by atoms with Crippen molar-refractivity contribution in [2.75, 3.05) is 7.11 Å². The molecular formula is C10H15FN2O. The molecule has 0 saturated heterocycles. The highest BCUT2D eigenvalue weighted by atomic mass is 19.1. The summed E-state index contributed by atoms with van der Waals surface area (Å²) < 4.78 is 18.1. The van der Waals surface area contributed by atoms with Crippen molar-refractivity contribution in [3.63, 3.8) is 0 Å². The first-order valence-electron chi connectivity index (χ1n) is 4.61. The Morgan fingerprint density at radius 1 is 1.36 bits per heavy atom. The fraction of sp³-hybridized carbons (Fsp3) is 0.600. The number of halogens is 1. The number of aryl methyl sites for hydroxylation is 1. The van der Waals surface area contributed by atoms with Crippen molar-refractivity contribution >= 4 is 0 Å². The normalized spacial score (nSPS) is 10.7. The van der Waals surface area contributed by atoms with Crippen molar-refractivity contribution < 1.29 is 9.13 Å². The zero-order chi connectivity index (χ0) is 10.7. The number of aromatic nitrogens is 2. The highest BCUT2D eigenvalue weighted by Crippen LogP contribution is 2.18. The Hall–Kier alpha value is -1.19. The number of methoxy groups -OCH3 is 1. The van der Waals surface area contributed by atoms with Crippen LogP contribution in [0.1, 0.15) is 25.4 Å². The number of hydrogen-bond acceptors (Lipinski definition) is 3. The summed E-state index contributed by atoms with van der Waals surface area (Å²) in [6.45, 7) is 5.80. The van der Waals surface area contributed by atoms with Crippen molar-refractivity contribution in [2.45, 2.75) is 27.2 Å². The van der Waals surface area contributed by atoms with E-state index in [0.717, 1.165) is 0 Å². The van der Waals surface area contributed by atoms with Gasteiger partial charge in [-0.15, -0.1) is 0 Å². The molecule has 0 aromatic carbocycles. The van der Waals surface area contributed by atoms with E-state index in [-0.39, 0.29) is 5.75 Å². The second kappa shape index (κ2) is 4.35. The molecule has 1 heterocycles. The predicted molar refractivity (Wildman–Crippen MR) is 51.8 cm³/mol. The lowest BCUT2D eigenvalue weighted by molar-refractivity contribution is 0.368. The minimum Gasteiger partial charge on any atom is -0.490 e. The standard InChI is InChI=1S/C10H15FN2O/c1-6(2)5-8-12-7(3)9(14-4)10(11)13-8/h6H,5H2,1-4H3. The molecule has 0 aliphatic heterocycles. The molecule has 3 nitrogen and oxygen atoms in total. The number of nitrogens with zero attached hydrogens (tertiary/aromatic N) is 2. The molecule has 0 spiro atoms. The monoisotopic (exact) mass is 198 g/mol. The lowest BCUT2D eigenvalue weighted by atomic mass is 10.1. The van der Waals surface area contributed by atoms with Crippen molar-refractivity contribution in [3.8, 4) is 5.75 Å². The van der Waals surface area contributed by atoms with Gasteiger partial charge in [0.25, 0.3) is 5.95 Å². The van der Waals surface area contributed by atoms with E-state index in [9.17, 15) is 4.39 Å². The molecule has 1 aromatic rings. The van der Waals surface area contributed by atoms with Crippen molar-refractivity contribution in [1.82, 2.24) is 9.97 Å². The van der Waals surface area contributed by atoms with Gasteiger partial charge >= 0.3 is 0 Å². The Balaban J connectivity index is 3.01. The van der Waals surface area contributed by atoms with Gasteiger partial charge in [-0.1, -0.05) is 13.8 Å². The second-order valence-electron chi connectivity index (χ2n) is 3.65. The van der Waals surface area contributed by atoms with Crippen molar-refractivity contribution in [3.05, 3.63) is 17.5 Å². The molecule has 0 saturated carbocycles. The summed E-state index contributed by atoms with van der Waals surface area (Å²) in [6, 6.07) is 0. The molecule has 0 amide bonds. The summed E-state index contributed by atoms with van der Waals surface area (Å²) in [6.07, 6.45) is 0.682. The maximum atomic E-state index is 13.3. The van der Waals surface area contributed by atoms with Crippen LogP contribution in [-0.4, -0.2) is 17.1 Å². The molecule has 0 bridgehead atoms. The summed E-state index contributed by atoms with van der Waals surface area (Å²) in [5.74, 6) is 0.520. The van der Waals surface area contributed by atoms with E-state index in [1.54, 1.807) is 6.92 Å². The third-order valence-corrected chi connectivity index (χ3v) is 1.83. The fourth-order valence-electron chi connectivity index (χ4n) is 1.27. The van der Waals surface area contributed by atoms with Gasteiger partial charge in [0.1, 0.15) is 5.82 Å². The summed E-state index contributed by atoms with van der Waals surface area (Å²) >= 11 is 0.